The lowest BCUT2D eigenvalue weighted by Crippen LogP contribution is -2.45. The molecule has 0 fully saturated rings. The average Bonchev–Trinajstić information content (AvgIpc) is 2.12. The van der Waals surface area contributed by atoms with E-state index in [0.29, 0.717) is 0 Å². The number of hydrogen-bond donors (Lipinski definition) is 4. The molecule has 4 N–H and O–H groups in total. The van der Waals surface area contributed by atoms with Crippen LogP contribution in [0.5, 0.6) is 0 Å². The van der Waals surface area contributed by atoms with Gasteiger partial charge in [0.15, 0.2) is 6.29 Å². The number of carbonyl (C=O) groups excluding carboxylic acids is 1. The molecular weight excluding hydrogens is 275 g/mol. The molecule has 0 rings (SSSR count). The molecule has 0 amide bonds. The van der Waals surface area contributed by atoms with Crippen molar-refractivity contribution in [3.8, 4) is 0 Å². The van der Waals surface area contributed by atoms with Crippen molar-refractivity contribution in [3.05, 3.63) is 0 Å². The second kappa shape index (κ2) is 5.81. The Balaban J connectivity index is 4.07. The quantitative estimate of drug-likeness (QED) is 0.268. The highest BCUT2D eigenvalue weighted by Crippen LogP contribution is 2.05. The molecule has 0 spiro atoms. The molecule has 0 aliphatic rings. The zero-order valence-electron chi connectivity index (χ0n) is 6.17. The van der Waals surface area contributed by atoms with Crippen LogP contribution in [0.25, 0.3) is 0 Å². The topological polar surface area (TPSA) is 98.0 Å². The summed E-state index contributed by atoms with van der Waals surface area (Å²) in [5.74, 6) is 0. The van der Waals surface area contributed by atoms with Gasteiger partial charge in [0, 0.05) is 4.43 Å². The number of alkyl halides is 1. The summed E-state index contributed by atoms with van der Waals surface area (Å²) >= 11 is 1.81. The van der Waals surface area contributed by atoms with E-state index < -0.39 is 24.4 Å². The van der Waals surface area contributed by atoms with E-state index >= 15 is 0 Å². The van der Waals surface area contributed by atoms with Crippen LogP contribution in [0.4, 0.5) is 0 Å². The number of rotatable bonds is 5. The van der Waals surface area contributed by atoms with Gasteiger partial charge in [-0.15, -0.1) is 0 Å². The van der Waals surface area contributed by atoms with Gasteiger partial charge in [0.1, 0.15) is 18.3 Å². The SMILES string of the molecule is O=C[C@H](O)[C@@H](O)[C@H](O)[C@H](O)C[123I]. The summed E-state index contributed by atoms with van der Waals surface area (Å²) in [6.07, 6.45) is -5.82. The van der Waals surface area contributed by atoms with Gasteiger partial charge < -0.3 is 25.2 Å². The van der Waals surface area contributed by atoms with Crippen molar-refractivity contribution in [2.45, 2.75) is 24.4 Å². The number of halogens is 1. The average molecular weight is 286 g/mol. The van der Waals surface area contributed by atoms with Crippen LogP contribution in [0.2, 0.25) is 0 Å². The van der Waals surface area contributed by atoms with E-state index in [-0.39, 0.29) is 10.7 Å². The predicted octanol–water partition coefficient (Wildman–Crippen LogP) is -1.94. The lowest BCUT2D eigenvalue weighted by Gasteiger charge is -2.22. The second-order valence-electron chi connectivity index (χ2n) is 2.33. The number of carbonyl (C=O) groups is 1. The summed E-state index contributed by atoms with van der Waals surface area (Å²) < 4.78 is 0.210. The number of aliphatic hydroxyl groups is 4. The first kappa shape index (κ1) is 12.2. The molecule has 0 saturated heterocycles. The van der Waals surface area contributed by atoms with Gasteiger partial charge in [0.2, 0.25) is 0 Å². The minimum atomic E-state index is -1.66. The fourth-order valence-corrected chi connectivity index (χ4v) is 1.12. The van der Waals surface area contributed by atoms with Crippen LogP contribution in [0.15, 0.2) is 0 Å². The lowest BCUT2D eigenvalue weighted by atomic mass is 10.1. The van der Waals surface area contributed by atoms with Crippen LogP contribution in [0.3, 0.4) is 0 Å². The number of aldehydes is 1. The Bertz CT molecular complexity index is 142. The highest BCUT2D eigenvalue weighted by atomic mass is 123. The fourth-order valence-electron chi connectivity index (χ4n) is 0.601. The molecule has 0 aromatic carbocycles. The van der Waals surface area contributed by atoms with Crippen molar-refractivity contribution < 1.29 is 25.2 Å². The molecule has 4 atom stereocenters. The van der Waals surface area contributed by atoms with Gasteiger partial charge in [-0.05, 0) is 0 Å². The van der Waals surface area contributed by atoms with E-state index in [2.05, 4.69) is 0 Å². The third-order valence-corrected chi connectivity index (χ3v) is 2.29. The molecular formula is C6H11IO5. The third kappa shape index (κ3) is 3.31. The largest absolute Gasteiger partial charge is 0.390 e. The summed E-state index contributed by atoms with van der Waals surface area (Å²) in [5.41, 5.74) is 0. The van der Waals surface area contributed by atoms with E-state index in [1.165, 1.54) is 0 Å². The highest BCUT2D eigenvalue weighted by Gasteiger charge is 2.29. The third-order valence-electron chi connectivity index (χ3n) is 1.39. The summed E-state index contributed by atoms with van der Waals surface area (Å²) in [7, 11) is 0. The Hall–Kier alpha value is 0.240. The minimum absolute atomic E-state index is 0.105. The summed E-state index contributed by atoms with van der Waals surface area (Å²) in [4.78, 5) is 9.96. The second-order valence-corrected chi connectivity index (χ2v) is 3.21. The van der Waals surface area contributed by atoms with E-state index in [4.69, 9.17) is 20.4 Å². The maximum absolute atomic E-state index is 9.96. The number of aliphatic hydroxyl groups excluding tert-OH is 4. The molecule has 6 heteroatoms. The zero-order chi connectivity index (χ0) is 9.72. The summed E-state index contributed by atoms with van der Waals surface area (Å²) in [5, 5.41) is 35.8. The molecule has 12 heavy (non-hydrogen) atoms. The minimum Gasteiger partial charge on any atom is -0.390 e. The first-order valence-electron chi connectivity index (χ1n) is 3.28. The monoisotopic (exact) mass is 286 g/mol. The molecule has 0 aliphatic carbocycles. The Morgan fingerprint density at radius 1 is 1.17 bits per heavy atom. The molecule has 0 bridgehead atoms. The van der Waals surface area contributed by atoms with Gasteiger partial charge in [-0.1, -0.05) is 22.6 Å². The summed E-state index contributed by atoms with van der Waals surface area (Å²) in [6.45, 7) is 0. The van der Waals surface area contributed by atoms with E-state index in [0.717, 1.165) is 0 Å². The van der Waals surface area contributed by atoms with Gasteiger partial charge in [-0.25, -0.2) is 0 Å². The molecule has 0 unspecified atom stereocenters. The maximum atomic E-state index is 9.96. The molecule has 0 aromatic heterocycles. The Morgan fingerprint density at radius 3 is 2.00 bits per heavy atom. The van der Waals surface area contributed by atoms with Crippen LogP contribution in [0.1, 0.15) is 0 Å². The van der Waals surface area contributed by atoms with Crippen molar-refractivity contribution in [2.75, 3.05) is 4.43 Å². The molecule has 0 aliphatic heterocycles. The smallest absolute Gasteiger partial charge is 0.151 e. The van der Waals surface area contributed by atoms with Gasteiger partial charge in [0.05, 0.1) is 6.10 Å². The van der Waals surface area contributed by atoms with Gasteiger partial charge in [-0.2, -0.15) is 0 Å². The van der Waals surface area contributed by atoms with Crippen LogP contribution in [-0.2, 0) is 4.79 Å². The van der Waals surface area contributed by atoms with Crippen LogP contribution in [0, 0.1) is 0 Å². The Morgan fingerprint density at radius 2 is 1.67 bits per heavy atom. The maximum Gasteiger partial charge on any atom is 0.151 e. The van der Waals surface area contributed by atoms with E-state index in [1.54, 1.807) is 22.6 Å². The molecule has 72 valence electrons. The summed E-state index contributed by atoms with van der Waals surface area (Å²) in [6, 6.07) is 0. The molecule has 0 heterocycles. The molecule has 0 radical (unpaired) electrons. The predicted molar refractivity (Wildman–Crippen MR) is 49.0 cm³/mol. The zero-order valence-corrected chi connectivity index (χ0v) is 8.33. The Kier molecular flexibility index (Phi) is 5.93. The van der Waals surface area contributed by atoms with E-state index in [9.17, 15) is 4.79 Å². The molecule has 0 aromatic rings. The normalized spacial score (nSPS) is 21.1. The first-order valence-corrected chi connectivity index (χ1v) is 4.80. The van der Waals surface area contributed by atoms with Crippen molar-refractivity contribution in [3.63, 3.8) is 0 Å². The van der Waals surface area contributed by atoms with Gasteiger partial charge in [0.25, 0.3) is 0 Å². The van der Waals surface area contributed by atoms with Gasteiger partial charge >= 0.3 is 0 Å². The van der Waals surface area contributed by atoms with Crippen molar-refractivity contribution in [1.29, 1.82) is 0 Å². The molecule has 0 saturated carbocycles. The van der Waals surface area contributed by atoms with Crippen LogP contribution in [-0.4, -0.2) is 55.6 Å². The number of hydrogen-bond acceptors (Lipinski definition) is 5. The fraction of sp³-hybridized carbons (Fsp3) is 0.833. The first-order chi connectivity index (χ1) is 5.54. The van der Waals surface area contributed by atoms with Crippen molar-refractivity contribution in [2.24, 2.45) is 0 Å². The van der Waals surface area contributed by atoms with Crippen LogP contribution < -0.4 is 0 Å². The van der Waals surface area contributed by atoms with E-state index in [1.807, 2.05) is 0 Å². The lowest BCUT2D eigenvalue weighted by molar-refractivity contribution is -0.131. The standard InChI is InChI=1S/C6H11IO5/c7-1-3(9)5(11)6(12)4(10)2-8/h2-6,9-12H,1H2/t3-,4+,5-,6-/m1/s1/i7-4. The van der Waals surface area contributed by atoms with Crippen molar-refractivity contribution in [1.82, 2.24) is 0 Å². The van der Waals surface area contributed by atoms with Gasteiger partial charge in [-0.3, -0.25) is 0 Å². The Labute approximate surface area is 83.2 Å². The molecule has 5 nitrogen and oxygen atoms in total. The van der Waals surface area contributed by atoms with Crippen LogP contribution >= 0.6 is 22.6 Å². The highest BCUT2D eigenvalue weighted by molar-refractivity contribution is 14.1. The van der Waals surface area contributed by atoms with Crippen molar-refractivity contribution >= 4 is 28.9 Å².